The summed E-state index contributed by atoms with van der Waals surface area (Å²) in [5, 5.41) is -0.773. The number of alkyl halides is 3. The summed E-state index contributed by atoms with van der Waals surface area (Å²) in [6, 6.07) is 4.18. The van der Waals surface area contributed by atoms with Crippen molar-refractivity contribution in [3.63, 3.8) is 0 Å². The van der Waals surface area contributed by atoms with Gasteiger partial charge in [0.25, 0.3) is 0 Å². The standard InChI is InChI=1S/C17H24F3NO4S2/c1-13(2)11-26(22,23)16-7-4-8-21(10-16)27(24,25)12-14-5-3-6-15(9-14)17(18,19)20/h3,5-6,9,13,16H,4,7-8,10-12H2,1-2H3/t16-/m0/s1. The first-order valence-corrected chi connectivity index (χ1v) is 12.0. The number of benzene rings is 1. The fourth-order valence-corrected chi connectivity index (χ4v) is 7.02. The van der Waals surface area contributed by atoms with Crippen molar-refractivity contribution < 1.29 is 30.0 Å². The van der Waals surface area contributed by atoms with E-state index in [1.54, 1.807) is 13.8 Å². The lowest BCUT2D eigenvalue weighted by molar-refractivity contribution is -0.137. The highest BCUT2D eigenvalue weighted by Gasteiger charge is 2.36. The molecule has 0 amide bonds. The Kier molecular flexibility index (Phi) is 6.63. The van der Waals surface area contributed by atoms with Crippen LogP contribution in [0.1, 0.15) is 37.8 Å². The molecular weight excluding hydrogens is 403 g/mol. The van der Waals surface area contributed by atoms with Crippen molar-refractivity contribution in [1.29, 1.82) is 0 Å². The van der Waals surface area contributed by atoms with Gasteiger partial charge in [0.05, 0.1) is 22.3 Å². The molecule has 0 spiro atoms. The van der Waals surface area contributed by atoms with Crippen molar-refractivity contribution in [3.05, 3.63) is 35.4 Å². The smallest absolute Gasteiger partial charge is 0.228 e. The lowest BCUT2D eigenvalue weighted by atomic mass is 10.1. The van der Waals surface area contributed by atoms with Crippen LogP contribution in [-0.2, 0) is 31.8 Å². The molecular formula is C17H24F3NO4S2. The van der Waals surface area contributed by atoms with Gasteiger partial charge in [-0.3, -0.25) is 0 Å². The normalized spacial score (nSPS) is 20.1. The first kappa shape index (κ1) is 22.2. The molecule has 1 atom stereocenters. The van der Waals surface area contributed by atoms with Crippen LogP contribution in [0.2, 0.25) is 0 Å². The minimum absolute atomic E-state index is 0.0147. The van der Waals surface area contributed by atoms with E-state index < -0.39 is 42.6 Å². The number of sulfone groups is 1. The lowest BCUT2D eigenvalue weighted by Crippen LogP contribution is -2.46. The minimum Gasteiger partial charge on any atom is -0.228 e. The highest BCUT2D eigenvalue weighted by Crippen LogP contribution is 2.30. The third kappa shape index (κ3) is 5.92. The maximum atomic E-state index is 12.8. The Hall–Kier alpha value is -1.13. The van der Waals surface area contributed by atoms with Crippen LogP contribution in [0.3, 0.4) is 0 Å². The van der Waals surface area contributed by atoms with Gasteiger partial charge < -0.3 is 0 Å². The van der Waals surface area contributed by atoms with E-state index in [4.69, 9.17) is 0 Å². The molecule has 1 fully saturated rings. The van der Waals surface area contributed by atoms with E-state index in [-0.39, 0.29) is 30.3 Å². The van der Waals surface area contributed by atoms with E-state index in [0.717, 1.165) is 16.4 Å². The predicted molar refractivity (Wildman–Crippen MR) is 97.3 cm³/mol. The van der Waals surface area contributed by atoms with Crippen LogP contribution in [0, 0.1) is 5.92 Å². The summed E-state index contributed by atoms with van der Waals surface area (Å²) in [6.45, 7) is 3.59. The summed E-state index contributed by atoms with van der Waals surface area (Å²) in [4.78, 5) is 0. The number of rotatable bonds is 6. The lowest BCUT2D eigenvalue weighted by Gasteiger charge is -2.32. The van der Waals surface area contributed by atoms with E-state index in [1.165, 1.54) is 12.1 Å². The van der Waals surface area contributed by atoms with E-state index in [0.29, 0.717) is 12.8 Å². The number of hydrogen-bond donors (Lipinski definition) is 0. The predicted octanol–water partition coefficient (Wildman–Crippen LogP) is 3.07. The monoisotopic (exact) mass is 427 g/mol. The van der Waals surface area contributed by atoms with Gasteiger partial charge >= 0.3 is 6.18 Å². The molecule has 154 valence electrons. The van der Waals surface area contributed by atoms with Crippen molar-refractivity contribution in [2.45, 2.75) is 43.9 Å². The fraction of sp³-hybridized carbons (Fsp3) is 0.647. The van der Waals surface area contributed by atoms with Crippen LogP contribution >= 0.6 is 0 Å². The van der Waals surface area contributed by atoms with E-state index in [9.17, 15) is 30.0 Å². The van der Waals surface area contributed by atoms with Gasteiger partial charge in [-0.2, -0.15) is 13.2 Å². The van der Waals surface area contributed by atoms with Crippen molar-refractivity contribution in [2.24, 2.45) is 5.92 Å². The van der Waals surface area contributed by atoms with Crippen LogP contribution in [0.5, 0.6) is 0 Å². The summed E-state index contributed by atoms with van der Waals surface area (Å²) < 4.78 is 89.7. The molecule has 1 aliphatic heterocycles. The second kappa shape index (κ2) is 8.08. The zero-order chi connectivity index (χ0) is 20.5. The van der Waals surface area contributed by atoms with Crippen molar-refractivity contribution in [1.82, 2.24) is 4.31 Å². The molecule has 1 aliphatic rings. The number of hydrogen-bond acceptors (Lipinski definition) is 4. The van der Waals surface area contributed by atoms with Gasteiger partial charge in [-0.05, 0) is 30.4 Å². The zero-order valence-corrected chi connectivity index (χ0v) is 16.9. The first-order chi connectivity index (χ1) is 12.3. The van der Waals surface area contributed by atoms with Crippen LogP contribution in [0.4, 0.5) is 13.2 Å². The SMILES string of the molecule is CC(C)CS(=O)(=O)[C@H]1CCCN(S(=O)(=O)Cc2cccc(C(F)(F)F)c2)C1. The Morgan fingerprint density at radius 2 is 1.85 bits per heavy atom. The fourth-order valence-electron chi connectivity index (χ4n) is 3.19. The number of halogens is 3. The number of piperidine rings is 1. The van der Waals surface area contributed by atoms with Crippen LogP contribution in [-0.4, -0.2) is 45.2 Å². The summed E-state index contributed by atoms with van der Waals surface area (Å²) in [5.74, 6) is -0.667. The third-order valence-corrected chi connectivity index (χ3v) is 8.76. The largest absolute Gasteiger partial charge is 0.416 e. The highest BCUT2D eigenvalue weighted by atomic mass is 32.2. The van der Waals surface area contributed by atoms with E-state index in [2.05, 4.69) is 0 Å². The molecule has 10 heteroatoms. The Bertz CT molecular complexity index is 864. The van der Waals surface area contributed by atoms with Crippen molar-refractivity contribution >= 4 is 19.9 Å². The van der Waals surface area contributed by atoms with Crippen LogP contribution in [0.15, 0.2) is 24.3 Å². The van der Waals surface area contributed by atoms with Crippen molar-refractivity contribution in [3.8, 4) is 0 Å². The average Bonchev–Trinajstić information content (AvgIpc) is 2.53. The molecule has 1 aromatic carbocycles. The van der Waals surface area contributed by atoms with Gasteiger partial charge in [0.15, 0.2) is 9.84 Å². The average molecular weight is 428 g/mol. The van der Waals surface area contributed by atoms with Gasteiger partial charge in [-0.25, -0.2) is 21.1 Å². The molecule has 27 heavy (non-hydrogen) atoms. The summed E-state index contributed by atoms with van der Waals surface area (Å²) >= 11 is 0. The molecule has 0 N–H and O–H groups in total. The van der Waals surface area contributed by atoms with Gasteiger partial charge in [0, 0.05) is 13.1 Å². The minimum atomic E-state index is -4.55. The molecule has 0 bridgehead atoms. The Morgan fingerprint density at radius 1 is 1.19 bits per heavy atom. The molecule has 1 aromatic rings. The maximum Gasteiger partial charge on any atom is 0.416 e. The molecule has 0 unspecified atom stereocenters. The Morgan fingerprint density at radius 3 is 2.44 bits per heavy atom. The van der Waals surface area contributed by atoms with Gasteiger partial charge in [-0.1, -0.05) is 32.0 Å². The third-order valence-electron chi connectivity index (χ3n) is 4.41. The summed E-state index contributed by atoms with van der Waals surface area (Å²) in [6.07, 6.45) is -3.75. The van der Waals surface area contributed by atoms with Gasteiger partial charge in [-0.15, -0.1) is 0 Å². The topological polar surface area (TPSA) is 71.5 Å². The second-order valence-corrected chi connectivity index (χ2v) is 11.6. The van der Waals surface area contributed by atoms with Gasteiger partial charge in [0.1, 0.15) is 0 Å². The second-order valence-electron chi connectivity index (χ2n) is 7.30. The maximum absolute atomic E-state index is 12.8. The molecule has 0 radical (unpaired) electrons. The molecule has 1 saturated heterocycles. The molecule has 2 rings (SSSR count). The van der Waals surface area contributed by atoms with E-state index in [1.807, 2.05) is 0 Å². The van der Waals surface area contributed by atoms with Crippen LogP contribution < -0.4 is 0 Å². The Balaban J connectivity index is 2.17. The van der Waals surface area contributed by atoms with Crippen molar-refractivity contribution in [2.75, 3.05) is 18.8 Å². The molecule has 0 saturated carbocycles. The van der Waals surface area contributed by atoms with Gasteiger partial charge in [0.2, 0.25) is 10.0 Å². The number of nitrogens with zero attached hydrogens (tertiary/aromatic N) is 1. The zero-order valence-electron chi connectivity index (χ0n) is 15.2. The Labute approximate surface area is 158 Å². The molecule has 5 nitrogen and oxygen atoms in total. The van der Waals surface area contributed by atoms with E-state index >= 15 is 0 Å². The summed E-state index contributed by atoms with van der Waals surface area (Å²) in [5.41, 5.74) is -0.886. The molecule has 0 aromatic heterocycles. The molecule has 1 heterocycles. The first-order valence-electron chi connectivity index (χ1n) is 8.67. The quantitative estimate of drug-likeness (QED) is 0.700. The molecule has 0 aliphatic carbocycles. The highest BCUT2D eigenvalue weighted by molar-refractivity contribution is 7.92. The summed E-state index contributed by atoms with van der Waals surface area (Å²) in [7, 11) is -7.35. The number of sulfonamides is 1. The van der Waals surface area contributed by atoms with Crippen LogP contribution in [0.25, 0.3) is 0 Å².